The number of hydrogen-bond acceptors (Lipinski definition) is 5. The smallest absolute Gasteiger partial charge is 0.766 e. The maximum absolute atomic E-state index is 10.8. The first-order chi connectivity index (χ1) is 6.12. The van der Waals surface area contributed by atoms with Gasteiger partial charge in [0.05, 0.1) is 0 Å². The zero-order chi connectivity index (χ0) is 11.4. The van der Waals surface area contributed by atoms with Gasteiger partial charge < -0.3 is 14.7 Å². The van der Waals surface area contributed by atoms with Gasteiger partial charge in [0.1, 0.15) is 0 Å². The van der Waals surface area contributed by atoms with Crippen LogP contribution in [0.2, 0.25) is 0 Å². The maximum Gasteiger partial charge on any atom is 1.00 e. The third kappa shape index (κ3) is 16.0. The molecule has 0 aliphatic heterocycles. The van der Waals surface area contributed by atoms with E-state index in [1.54, 1.807) is 6.92 Å². The van der Waals surface area contributed by atoms with E-state index >= 15 is 0 Å². The van der Waals surface area contributed by atoms with Crippen LogP contribution >= 0.6 is 15.6 Å². The van der Waals surface area contributed by atoms with Crippen LogP contribution in [0, 0.1) is 0 Å². The van der Waals surface area contributed by atoms with E-state index in [1.807, 2.05) is 5.09 Å². The molecule has 84 valence electrons. The molecule has 7 nitrogen and oxygen atoms in total. The SMILES string of the molecule is C=C(C)CCNP(=O)([O-])OP(=O)([O-])O.[Na+].[Na+]. The first-order valence-corrected chi connectivity index (χ1v) is 6.62. The molecule has 0 bridgehead atoms. The van der Waals surface area contributed by atoms with E-state index in [-0.39, 0.29) is 65.7 Å². The molecule has 0 spiro atoms. The second-order valence-electron chi connectivity index (χ2n) is 2.66. The largest absolute Gasteiger partial charge is 1.00 e. The van der Waals surface area contributed by atoms with Gasteiger partial charge in [0, 0.05) is 6.54 Å². The van der Waals surface area contributed by atoms with Crippen molar-refractivity contribution in [3.8, 4) is 0 Å². The molecule has 0 aromatic rings. The Hall–Kier alpha value is 2.00. The molecular formula is C5H11NNa2O6P2. The quantitative estimate of drug-likeness (QED) is 0.283. The number of nitrogens with one attached hydrogen (secondary N) is 1. The van der Waals surface area contributed by atoms with E-state index in [1.165, 1.54) is 0 Å². The molecule has 2 unspecified atom stereocenters. The summed E-state index contributed by atoms with van der Waals surface area (Å²) in [6.45, 7) is 5.16. The van der Waals surface area contributed by atoms with Crippen molar-refractivity contribution < 1.29 is 87.2 Å². The Morgan fingerprint density at radius 3 is 2.19 bits per heavy atom. The first kappa shape index (κ1) is 23.1. The van der Waals surface area contributed by atoms with Crippen molar-refractivity contribution in [1.29, 1.82) is 0 Å². The van der Waals surface area contributed by atoms with Crippen LogP contribution in [0.15, 0.2) is 12.2 Å². The average Bonchev–Trinajstić information content (AvgIpc) is 1.78. The summed E-state index contributed by atoms with van der Waals surface area (Å²) in [6.07, 6.45) is 0.351. The summed E-state index contributed by atoms with van der Waals surface area (Å²) in [7, 11) is -10.00. The Bertz CT molecular complexity index is 305. The van der Waals surface area contributed by atoms with Gasteiger partial charge >= 0.3 is 59.1 Å². The van der Waals surface area contributed by atoms with Crippen LogP contribution < -0.4 is 74.0 Å². The van der Waals surface area contributed by atoms with Crippen molar-refractivity contribution in [3.05, 3.63) is 12.2 Å². The van der Waals surface area contributed by atoms with Crippen molar-refractivity contribution in [2.24, 2.45) is 0 Å². The summed E-state index contributed by atoms with van der Waals surface area (Å²) >= 11 is 0. The molecular weight excluding hydrogens is 278 g/mol. The predicted molar refractivity (Wildman–Crippen MR) is 46.0 cm³/mol. The van der Waals surface area contributed by atoms with E-state index in [2.05, 4.69) is 10.9 Å². The first-order valence-electron chi connectivity index (χ1n) is 3.58. The molecule has 0 rings (SSSR count). The zero-order valence-electron chi connectivity index (χ0n) is 9.50. The molecule has 0 amide bonds. The minimum atomic E-state index is -5.26. The number of phosphoric acid groups is 1. The van der Waals surface area contributed by atoms with Crippen molar-refractivity contribution >= 4 is 15.6 Å². The van der Waals surface area contributed by atoms with Gasteiger partial charge in [-0.15, -0.1) is 6.58 Å². The molecule has 0 radical (unpaired) electrons. The minimum absolute atomic E-state index is 0. The summed E-state index contributed by atoms with van der Waals surface area (Å²) in [5.74, 6) is 0. The van der Waals surface area contributed by atoms with Gasteiger partial charge in [-0.2, -0.15) is 0 Å². The second kappa shape index (κ2) is 9.87. The van der Waals surface area contributed by atoms with Crippen LogP contribution in [-0.4, -0.2) is 11.4 Å². The van der Waals surface area contributed by atoms with E-state index in [4.69, 9.17) is 4.89 Å². The van der Waals surface area contributed by atoms with Crippen molar-refractivity contribution in [2.75, 3.05) is 6.54 Å². The van der Waals surface area contributed by atoms with E-state index < -0.39 is 15.6 Å². The molecule has 0 heterocycles. The molecule has 16 heavy (non-hydrogen) atoms. The fourth-order valence-corrected chi connectivity index (χ4v) is 2.27. The summed E-state index contributed by atoms with van der Waals surface area (Å²) in [5.41, 5.74) is 0.729. The van der Waals surface area contributed by atoms with Crippen molar-refractivity contribution in [2.45, 2.75) is 13.3 Å². The molecule has 0 saturated heterocycles. The zero-order valence-corrected chi connectivity index (χ0v) is 15.3. The Morgan fingerprint density at radius 1 is 1.44 bits per heavy atom. The van der Waals surface area contributed by atoms with Gasteiger partial charge in [-0.1, -0.05) is 5.57 Å². The van der Waals surface area contributed by atoms with Crippen LogP contribution in [-0.2, 0) is 13.4 Å². The van der Waals surface area contributed by atoms with Crippen LogP contribution in [0.5, 0.6) is 0 Å². The normalized spacial score (nSPS) is 17.2. The molecule has 2 N–H and O–H groups in total. The molecule has 0 aromatic carbocycles. The topological polar surface area (TPSA) is 122 Å². The summed E-state index contributed by atoms with van der Waals surface area (Å²) < 4.78 is 24.3. The summed E-state index contributed by atoms with van der Waals surface area (Å²) in [6, 6.07) is 0. The molecule has 0 fully saturated rings. The van der Waals surface area contributed by atoms with Crippen LogP contribution in [0.25, 0.3) is 0 Å². The standard InChI is InChI=1S/C5H13NO6P2.2Na/c1-5(2)3-4-6-13(7,8)12-14(9,10)11;;/h1,3-4H2,2H3,(H2,6,7,8)(H2,9,10,11);;/q;2*+1/p-2. The third-order valence-electron chi connectivity index (χ3n) is 1.07. The average molecular weight is 289 g/mol. The molecule has 0 saturated carbocycles. The molecule has 0 aliphatic rings. The molecule has 11 heteroatoms. The van der Waals surface area contributed by atoms with Crippen molar-refractivity contribution in [3.63, 3.8) is 0 Å². The Kier molecular flexibility index (Phi) is 14.3. The third-order valence-corrected chi connectivity index (χ3v) is 3.36. The van der Waals surface area contributed by atoms with Crippen LogP contribution in [0.3, 0.4) is 0 Å². The monoisotopic (exact) mass is 289 g/mol. The molecule has 0 aromatic heterocycles. The van der Waals surface area contributed by atoms with E-state index in [9.17, 15) is 18.9 Å². The maximum atomic E-state index is 10.8. The molecule has 2 atom stereocenters. The summed E-state index contributed by atoms with van der Waals surface area (Å²) in [4.78, 5) is 28.9. The second-order valence-corrected chi connectivity index (χ2v) is 5.56. The summed E-state index contributed by atoms with van der Waals surface area (Å²) in [5, 5.41) is 1.83. The van der Waals surface area contributed by atoms with Gasteiger partial charge in [-0.3, -0.25) is 18.5 Å². The molecule has 0 aliphatic carbocycles. The number of hydrogen-bond donors (Lipinski definition) is 2. The predicted octanol–water partition coefficient (Wildman–Crippen LogP) is -6.50. The minimum Gasteiger partial charge on any atom is -0.766 e. The van der Waals surface area contributed by atoms with Gasteiger partial charge in [0.25, 0.3) is 7.82 Å². The fourth-order valence-electron chi connectivity index (χ4n) is 0.571. The Balaban J connectivity index is -0.000000845. The van der Waals surface area contributed by atoms with Gasteiger partial charge in [0.2, 0.25) is 7.75 Å². The Labute approximate surface area is 138 Å². The van der Waals surface area contributed by atoms with Gasteiger partial charge in [0.15, 0.2) is 0 Å². The van der Waals surface area contributed by atoms with Crippen molar-refractivity contribution in [1.82, 2.24) is 5.09 Å². The van der Waals surface area contributed by atoms with E-state index in [0.29, 0.717) is 6.42 Å². The van der Waals surface area contributed by atoms with E-state index in [0.717, 1.165) is 5.57 Å². The van der Waals surface area contributed by atoms with Crippen LogP contribution in [0.1, 0.15) is 13.3 Å². The fraction of sp³-hybridized carbons (Fsp3) is 0.600. The number of rotatable bonds is 6. The Morgan fingerprint density at radius 2 is 1.88 bits per heavy atom. The van der Waals surface area contributed by atoms with Gasteiger partial charge in [-0.25, -0.2) is 0 Å². The van der Waals surface area contributed by atoms with Crippen LogP contribution in [0.4, 0.5) is 0 Å². The van der Waals surface area contributed by atoms with Gasteiger partial charge in [-0.05, 0) is 13.3 Å².